The maximum atomic E-state index is 9.07. The van der Waals surface area contributed by atoms with Gasteiger partial charge >= 0.3 is 0 Å². The SMILES string of the molecule is C=C\C(C#N)=C(C)/C(=C\C)/C=C/CCN(CCC)CCC.C=S(C)CC.Cc1ccc2[nH]ccc2c1C. The van der Waals surface area contributed by atoms with Crippen LogP contribution in [0.5, 0.6) is 0 Å². The van der Waals surface area contributed by atoms with Gasteiger partial charge in [0.2, 0.25) is 0 Å². The van der Waals surface area contributed by atoms with Crippen molar-refractivity contribution < 1.29 is 0 Å². The summed E-state index contributed by atoms with van der Waals surface area (Å²) in [7, 11) is 0.427. The summed E-state index contributed by atoms with van der Waals surface area (Å²) in [4.78, 5) is 5.69. The van der Waals surface area contributed by atoms with E-state index in [9.17, 15) is 0 Å². The van der Waals surface area contributed by atoms with Gasteiger partial charge in [-0.05, 0) is 106 Å². The first-order valence-electron chi connectivity index (χ1n) is 13.4. The molecule has 0 saturated carbocycles. The monoisotopic (exact) mass is 521 g/mol. The summed E-state index contributed by atoms with van der Waals surface area (Å²) >= 11 is 0. The summed E-state index contributed by atoms with van der Waals surface area (Å²) in [5.41, 5.74) is 6.70. The van der Waals surface area contributed by atoms with Crippen LogP contribution in [0.15, 0.2) is 72.0 Å². The van der Waals surface area contributed by atoms with Crippen LogP contribution in [0.1, 0.15) is 65.0 Å². The van der Waals surface area contributed by atoms with Gasteiger partial charge in [-0.25, -0.2) is 0 Å². The van der Waals surface area contributed by atoms with Crippen LogP contribution < -0.4 is 0 Å². The Morgan fingerprint density at radius 3 is 2.22 bits per heavy atom. The van der Waals surface area contributed by atoms with Crippen molar-refractivity contribution in [2.75, 3.05) is 31.6 Å². The molecule has 2 rings (SSSR count). The van der Waals surface area contributed by atoms with Crippen molar-refractivity contribution in [1.82, 2.24) is 9.88 Å². The number of hydrogen-bond acceptors (Lipinski definition) is 2. The van der Waals surface area contributed by atoms with E-state index in [0.29, 0.717) is 16.1 Å². The average molecular weight is 522 g/mol. The van der Waals surface area contributed by atoms with Gasteiger partial charge in [-0.2, -0.15) is 15.7 Å². The molecule has 0 radical (unpaired) electrons. The molecule has 37 heavy (non-hydrogen) atoms. The number of aryl methyl sites for hydroxylation is 2. The zero-order valence-corrected chi connectivity index (χ0v) is 25.6. The maximum Gasteiger partial charge on any atom is 0.0994 e. The molecule has 2 aromatic rings. The normalized spacial score (nSPS) is 12.8. The molecule has 0 bridgehead atoms. The van der Waals surface area contributed by atoms with Crippen LogP contribution in [-0.2, 0) is 0 Å². The fraction of sp³-hybridized carbons (Fsp3) is 0.455. The van der Waals surface area contributed by atoms with Crippen LogP contribution in [0, 0.1) is 25.2 Å². The lowest BCUT2D eigenvalue weighted by Crippen LogP contribution is -2.26. The Morgan fingerprint density at radius 1 is 1.11 bits per heavy atom. The van der Waals surface area contributed by atoms with Gasteiger partial charge in [0.05, 0.1) is 11.6 Å². The van der Waals surface area contributed by atoms with Gasteiger partial charge in [-0.1, -0.05) is 63.6 Å². The second kappa shape index (κ2) is 20.4. The molecule has 1 unspecified atom stereocenters. The van der Waals surface area contributed by atoms with E-state index in [0.717, 1.165) is 24.1 Å². The number of fused-ring (bicyclic) bond motifs is 1. The van der Waals surface area contributed by atoms with Crippen LogP contribution >= 0.6 is 10.5 Å². The smallest absolute Gasteiger partial charge is 0.0994 e. The Labute approximate surface area is 230 Å². The number of nitrogens with one attached hydrogen (secondary N) is 1. The highest BCUT2D eigenvalue weighted by atomic mass is 32.2. The molecule has 0 saturated heterocycles. The number of rotatable bonds is 11. The molecule has 4 heteroatoms. The number of aromatic amines is 1. The summed E-state index contributed by atoms with van der Waals surface area (Å²) in [5, 5.41) is 10.4. The van der Waals surface area contributed by atoms with E-state index in [4.69, 9.17) is 5.26 Å². The first-order valence-corrected chi connectivity index (χ1v) is 15.4. The third kappa shape index (κ3) is 13.5. The quantitative estimate of drug-likeness (QED) is 0.182. The summed E-state index contributed by atoms with van der Waals surface area (Å²) in [6.45, 7) is 22.0. The summed E-state index contributed by atoms with van der Waals surface area (Å²) in [6.07, 6.45) is 15.6. The van der Waals surface area contributed by atoms with E-state index in [1.165, 1.54) is 53.7 Å². The predicted octanol–water partition coefficient (Wildman–Crippen LogP) is 9.15. The number of hydrogen-bond donors (Lipinski definition) is 1. The number of allylic oxidation sites excluding steroid dienone is 6. The molecule has 0 aliphatic carbocycles. The predicted molar refractivity (Wildman–Crippen MR) is 172 cm³/mol. The molecule has 0 aliphatic rings. The van der Waals surface area contributed by atoms with Gasteiger partial charge in [0.15, 0.2) is 0 Å². The fourth-order valence-electron chi connectivity index (χ4n) is 3.70. The number of H-pyrrole nitrogens is 1. The van der Waals surface area contributed by atoms with Gasteiger partial charge in [-0.3, -0.25) is 0 Å². The van der Waals surface area contributed by atoms with Crippen molar-refractivity contribution in [3.63, 3.8) is 0 Å². The Morgan fingerprint density at radius 2 is 1.73 bits per heavy atom. The number of aromatic nitrogens is 1. The van der Waals surface area contributed by atoms with E-state index in [2.05, 4.69) is 99.6 Å². The van der Waals surface area contributed by atoms with Gasteiger partial charge in [-0.15, -0.1) is 0 Å². The molecule has 1 atom stereocenters. The molecule has 1 aromatic carbocycles. The number of benzene rings is 1. The highest BCUT2D eigenvalue weighted by Crippen LogP contribution is 2.19. The summed E-state index contributed by atoms with van der Waals surface area (Å²) < 4.78 is 0. The van der Waals surface area contributed by atoms with Crippen LogP contribution in [-0.4, -0.2) is 47.4 Å². The molecule has 1 heterocycles. The molecule has 1 N–H and O–H groups in total. The Hall–Kier alpha value is -2.61. The van der Waals surface area contributed by atoms with E-state index in [-0.39, 0.29) is 0 Å². The first kappa shape index (κ1) is 34.4. The molecular weight excluding hydrogens is 470 g/mol. The van der Waals surface area contributed by atoms with Crippen LogP contribution in [0.2, 0.25) is 0 Å². The lowest BCUT2D eigenvalue weighted by molar-refractivity contribution is 0.280. The lowest BCUT2D eigenvalue weighted by Gasteiger charge is -2.19. The minimum Gasteiger partial charge on any atom is -0.361 e. The molecular formula is C33H51N3S. The second-order valence-electron chi connectivity index (χ2n) is 9.15. The van der Waals surface area contributed by atoms with Crippen molar-refractivity contribution in [2.24, 2.45) is 0 Å². The zero-order chi connectivity index (χ0) is 28.2. The topological polar surface area (TPSA) is 42.8 Å². The van der Waals surface area contributed by atoms with Crippen LogP contribution in [0.4, 0.5) is 0 Å². The first-order chi connectivity index (χ1) is 17.7. The fourth-order valence-corrected chi connectivity index (χ4v) is 3.70. The van der Waals surface area contributed by atoms with E-state index in [1.54, 1.807) is 6.08 Å². The molecule has 3 nitrogen and oxygen atoms in total. The van der Waals surface area contributed by atoms with Crippen molar-refractivity contribution in [3.8, 4) is 6.07 Å². The van der Waals surface area contributed by atoms with E-state index < -0.39 is 0 Å². The zero-order valence-electron chi connectivity index (χ0n) is 24.8. The van der Waals surface area contributed by atoms with Crippen LogP contribution in [0.3, 0.4) is 0 Å². The average Bonchev–Trinajstić information content (AvgIpc) is 3.37. The molecule has 204 valence electrons. The number of nitrogens with zero attached hydrogens (tertiary/aromatic N) is 2. The van der Waals surface area contributed by atoms with E-state index in [1.807, 2.05) is 26.1 Å². The Balaban J connectivity index is 0.000000661. The Bertz CT molecular complexity index is 1090. The third-order valence-electron chi connectivity index (χ3n) is 6.23. The second-order valence-corrected chi connectivity index (χ2v) is 11.3. The lowest BCUT2D eigenvalue weighted by atomic mass is 10.0. The largest absolute Gasteiger partial charge is 0.361 e. The van der Waals surface area contributed by atoms with Crippen molar-refractivity contribution in [3.05, 3.63) is 83.1 Å². The Kier molecular flexibility index (Phi) is 19.0. The minimum atomic E-state index is 0.427. The van der Waals surface area contributed by atoms with Gasteiger partial charge in [0, 0.05) is 23.6 Å². The molecule has 0 fully saturated rings. The molecule has 0 spiro atoms. The molecule has 0 aliphatic heterocycles. The highest BCUT2D eigenvalue weighted by molar-refractivity contribution is 8.13. The third-order valence-corrected chi connectivity index (χ3v) is 7.21. The van der Waals surface area contributed by atoms with E-state index >= 15 is 0 Å². The van der Waals surface area contributed by atoms with Gasteiger partial charge in [0.25, 0.3) is 0 Å². The van der Waals surface area contributed by atoms with Crippen molar-refractivity contribution in [1.29, 1.82) is 5.26 Å². The van der Waals surface area contributed by atoms with Crippen LogP contribution in [0.25, 0.3) is 10.9 Å². The van der Waals surface area contributed by atoms with Gasteiger partial charge in [0.1, 0.15) is 0 Å². The number of nitriles is 1. The van der Waals surface area contributed by atoms with Crippen molar-refractivity contribution in [2.45, 2.75) is 67.7 Å². The van der Waals surface area contributed by atoms with Gasteiger partial charge < -0.3 is 9.88 Å². The van der Waals surface area contributed by atoms with Crippen molar-refractivity contribution >= 4 is 27.3 Å². The highest BCUT2D eigenvalue weighted by Gasteiger charge is 2.03. The molecule has 0 amide bonds. The standard InChI is InChI=1S/C19H30N2.C10H11N.C4H10S/c1-6-13-21(14-7-2)15-11-10-12-18(8-3)17(5)19(9-4)16-20;1-7-3-4-10-9(8(7)2)5-6-11-10;1-4-5(2)3/h8-10,12H,4,6-7,11,13-15H2,1-3,5H3;3-6,11H,1-2H3;2,4H2,1,3H3/b12-10+,18-8-,19-17+;;. The summed E-state index contributed by atoms with van der Waals surface area (Å²) in [5.74, 6) is 5.01. The molecule has 1 aromatic heterocycles. The summed E-state index contributed by atoms with van der Waals surface area (Å²) in [6, 6.07) is 8.58. The minimum absolute atomic E-state index is 0.427. The maximum absolute atomic E-state index is 9.07.